The zero-order valence-electron chi connectivity index (χ0n) is 22.8. The summed E-state index contributed by atoms with van der Waals surface area (Å²) < 4.78 is 0. The first kappa shape index (κ1) is 25.1. The van der Waals surface area contributed by atoms with Gasteiger partial charge in [-0.15, -0.1) is 0 Å². The van der Waals surface area contributed by atoms with Crippen molar-refractivity contribution < 1.29 is 9.90 Å². The quantitative estimate of drug-likeness (QED) is 0.333. The van der Waals surface area contributed by atoms with Crippen molar-refractivity contribution >= 4 is 5.97 Å². The standard InChI is InChI=1S/C31H50O2/c1-20(10-9-11-21(2)27(32)33)23-15-18-31(8)25-12-13-26-28(4,5)22(3)14-17-29(26,6)24(25)16-19-30(23,31)7/h11,16,20,22-23,25-26H,9-10,12-15,17-19H2,1-8H3,(H,32,33)/b21-11-/t20-,22+,23-,25-,26+,29-,30-,31+/m1/s1. The average molecular weight is 455 g/mol. The molecule has 0 bridgehead atoms. The van der Waals surface area contributed by atoms with Gasteiger partial charge >= 0.3 is 5.97 Å². The van der Waals surface area contributed by atoms with Gasteiger partial charge < -0.3 is 5.11 Å². The molecule has 3 saturated carbocycles. The zero-order chi connectivity index (χ0) is 24.4. The molecule has 0 aliphatic heterocycles. The molecule has 0 amide bonds. The molecule has 0 aromatic rings. The van der Waals surface area contributed by atoms with Crippen molar-refractivity contribution in [3.63, 3.8) is 0 Å². The minimum Gasteiger partial charge on any atom is -0.478 e. The van der Waals surface area contributed by atoms with E-state index in [1.54, 1.807) is 6.92 Å². The van der Waals surface area contributed by atoms with Gasteiger partial charge in [0.05, 0.1) is 0 Å². The molecule has 2 nitrogen and oxygen atoms in total. The summed E-state index contributed by atoms with van der Waals surface area (Å²) in [6, 6.07) is 0. The highest BCUT2D eigenvalue weighted by molar-refractivity contribution is 5.85. The van der Waals surface area contributed by atoms with E-state index in [0.717, 1.165) is 36.5 Å². The van der Waals surface area contributed by atoms with E-state index >= 15 is 0 Å². The summed E-state index contributed by atoms with van der Waals surface area (Å²) in [5.74, 6) is 3.01. The lowest BCUT2D eigenvalue weighted by molar-refractivity contribution is -0.132. The third-order valence-electron chi connectivity index (χ3n) is 12.5. The first-order valence-corrected chi connectivity index (χ1v) is 13.9. The molecule has 4 aliphatic carbocycles. The Bertz CT molecular complexity index is 849. The summed E-state index contributed by atoms with van der Waals surface area (Å²) in [5.41, 5.74) is 3.95. The number of rotatable bonds is 5. The van der Waals surface area contributed by atoms with Crippen molar-refractivity contribution in [3.8, 4) is 0 Å². The van der Waals surface area contributed by atoms with Gasteiger partial charge in [0.25, 0.3) is 0 Å². The van der Waals surface area contributed by atoms with Gasteiger partial charge in [0.15, 0.2) is 0 Å². The van der Waals surface area contributed by atoms with Gasteiger partial charge in [-0.3, -0.25) is 0 Å². The molecule has 0 spiro atoms. The Kier molecular flexibility index (Phi) is 6.28. The van der Waals surface area contributed by atoms with E-state index in [2.05, 4.69) is 54.5 Å². The van der Waals surface area contributed by atoms with Crippen molar-refractivity contribution in [3.05, 3.63) is 23.3 Å². The third kappa shape index (κ3) is 3.59. The smallest absolute Gasteiger partial charge is 0.330 e. The number of carboxylic acids is 1. The highest BCUT2D eigenvalue weighted by Crippen LogP contribution is 2.73. The van der Waals surface area contributed by atoms with Crippen LogP contribution in [-0.4, -0.2) is 11.1 Å². The zero-order valence-corrected chi connectivity index (χ0v) is 22.8. The van der Waals surface area contributed by atoms with Crippen LogP contribution in [0.5, 0.6) is 0 Å². The van der Waals surface area contributed by atoms with Crippen LogP contribution < -0.4 is 0 Å². The lowest BCUT2D eigenvalue weighted by Crippen LogP contribution is -2.56. The second-order valence-corrected chi connectivity index (χ2v) is 14.0. The monoisotopic (exact) mass is 454 g/mol. The topological polar surface area (TPSA) is 37.3 Å². The van der Waals surface area contributed by atoms with Crippen LogP contribution in [0.3, 0.4) is 0 Å². The molecule has 4 aliphatic rings. The Morgan fingerprint density at radius 1 is 1.09 bits per heavy atom. The van der Waals surface area contributed by atoms with Crippen molar-refractivity contribution in [1.29, 1.82) is 0 Å². The minimum absolute atomic E-state index is 0.368. The first-order valence-electron chi connectivity index (χ1n) is 13.9. The largest absolute Gasteiger partial charge is 0.478 e. The predicted octanol–water partition coefficient (Wildman–Crippen LogP) is 8.67. The third-order valence-corrected chi connectivity index (χ3v) is 12.5. The summed E-state index contributed by atoms with van der Waals surface area (Å²) in [4.78, 5) is 11.2. The molecule has 1 N–H and O–H groups in total. The molecule has 4 rings (SSSR count). The van der Waals surface area contributed by atoms with Crippen LogP contribution in [0, 0.1) is 51.2 Å². The Morgan fingerprint density at radius 2 is 1.79 bits per heavy atom. The maximum absolute atomic E-state index is 11.2. The van der Waals surface area contributed by atoms with E-state index in [1.165, 1.54) is 44.9 Å². The molecular formula is C31H50O2. The number of carbonyl (C=O) groups is 1. The summed E-state index contributed by atoms with van der Waals surface area (Å²) in [6.07, 6.45) is 16.2. The van der Waals surface area contributed by atoms with Gasteiger partial charge in [0.1, 0.15) is 0 Å². The van der Waals surface area contributed by atoms with E-state index in [0.29, 0.717) is 33.2 Å². The Morgan fingerprint density at radius 3 is 2.45 bits per heavy atom. The predicted molar refractivity (Wildman–Crippen MR) is 138 cm³/mol. The van der Waals surface area contributed by atoms with Gasteiger partial charge in [-0.2, -0.15) is 0 Å². The van der Waals surface area contributed by atoms with E-state index in [-0.39, 0.29) is 0 Å². The van der Waals surface area contributed by atoms with Crippen LogP contribution in [0.15, 0.2) is 23.3 Å². The number of aliphatic carboxylic acids is 1. The van der Waals surface area contributed by atoms with Gasteiger partial charge in [0.2, 0.25) is 0 Å². The number of hydrogen-bond acceptors (Lipinski definition) is 1. The highest BCUT2D eigenvalue weighted by atomic mass is 16.4. The normalized spacial score (nSPS) is 45.5. The Hall–Kier alpha value is -1.05. The summed E-state index contributed by atoms with van der Waals surface area (Å²) >= 11 is 0. The number of hydrogen-bond donors (Lipinski definition) is 1. The van der Waals surface area contributed by atoms with Crippen molar-refractivity contribution in [1.82, 2.24) is 0 Å². The van der Waals surface area contributed by atoms with Crippen LogP contribution >= 0.6 is 0 Å². The maximum Gasteiger partial charge on any atom is 0.330 e. The fraction of sp³-hybridized carbons (Fsp3) is 0.839. The molecule has 0 saturated heterocycles. The fourth-order valence-electron chi connectivity index (χ4n) is 9.71. The Balaban J connectivity index is 1.59. The molecule has 186 valence electrons. The van der Waals surface area contributed by atoms with Gasteiger partial charge in [-0.25, -0.2) is 4.79 Å². The summed E-state index contributed by atoms with van der Waals surface area (Å²) in [6.45, 7) is 19.7. The fourth-order valence-corrected chi connectivity index (χ4v) is 9.71. The lowest BCUT2D eigenvalue weighted by atomic mass is 9.40. The minimum atomic E-state index is -0.780. The lowest BCUT2D eigenvalue weighted by Gasteiger charge is -2.64. The highest BCUT2D eigenvalue weighted by Gasteiger charge is 2.64. The molecule has 0 aromatic heterocycles. The number of fused-ring (bicyclic) bond motifs is 5. The number of allylic oxidation sites excluding steroid dienone is 3. The van der Waals surface area contributed by atoms with E-state index < -0.39 is 5.97 Å². The van der Waals surface area contributed by atoms with Crippen molar-refractivity contribution in [2.75, 3.05) is 0 Å². The molecule has 3 fully saturated rings. The molecule has 0 radical (unpaired) electrons. The van der Waals surface area contributed by atoms with Crippen LogP contribution in [0.2, 0.25) is 0 Å². The number of carboxylic acid groups (broad SMARTS) is 1. The second kappa shape index (κ2) is 8.27. The van der Waals surface area contributed by atoms with Crippen LogP contribution in [-0.2, 0) is 4.79 Å². The van der Waals surface area contributed by atoms with Crippen LogP contribution in [0.1, 0.15) is 113 Å². The molecule has 0 aromatic carbocycles. The van der Waals surface area contributed by atoms with Crippen molar-refractivity contribution in [2.45, 2.75) is 113 Å². The Labute approximate surface area is 203 Å². The molecular weight excluding hydrogens is 404 g/mol. The van der Waals surface area contributed by atoms with Gasteiger partial charge in [0, 0.05) is 5.57 Å². The maximum atomic E-state index is 11.2. The SMILES string of the molecule is C/C(=C/CC[C@@H](C)[C@H]1CC[C@@]2(C)[C@@H]3CC[C@H]4C(C)(C)[C@@H](C)CC[C@]4(C)C3=CC[C@]12C)C(=O)O. The van der Waals surface area contributed by atoms with E-state index in [1.807, 2.05) is 11.6 Å². The van der Waals surface area contributed by atoms with Crippen LogP contribution in [0.25, 0.3) is 0 Å². The molecule has 0 heterocycles. The van der Waals surface area contributed by atoms with E-state index in [9.17, 15) is 9.90 Å². The summed E-state index contributed by atoms with van der Waals surface area (Å²) in [7, 11) is 0. The molecule has 2 heteroatoms. The van der Waals surface area contributed by atoms with Crippen molar-refractivity contribution in [2.24, 2.45) is 51.2 Å². The first-order chi connectivity index (χ1) is 15.3. The van der Waals surface area contributed by atoms with Gasteiger partial charge in [-0.1, -0.05) is 66.2 Å². The average Bonchev–Trinajstić information content (AvgIpc) is 3.02. The molecule has 8 atom stereocenters. The van der Waals surface area contributed by atoms with Crippen LogP contribution in [0.4, 0.5) is 0 Å². The van der Waals surface area contributed by atoms with Gasteiger partial charge in [-0.05, 0) is 116 Å². The van der Waals surface area contributed by atoms with E-state index in [4.69, 9.17) is 0 Å². The molecule has 0 unspecified atom stereocenters. The molecule has 33 heavy (non-hydrogen) atoms. The summed E-state index contributed by atoms with van der Waals surface area (Å²) in [5, 5.41) is 9.17. The second-order valence-electron chi connectivity index (χ2n) is 14.0.